The molecule has 4 nitrogen and oxygen atoms in total. The molecule has 0 atom stereocenters. The first-order valence-electron chi connectivity index (χ1n) is 8.67. The van der Waals surface area contributed by atoms with E-state index in [1.807, 2.05) is 60.7 Å². The van der Waals surface area contributed by atoms with Crippen molar-refractivity contribution in [3.8, 4) is 28.5 Å². The molecule has 0 aliphatic rings. The van der Waals surface area contributed by atoms with E-state index in [2.05, 4.69) is 27.0 Å². The maximum Gasteiger partial charge on any atom is 0.316 e. The van der Waals surface area contributed by atoms with Gasteiger partial charge in [0.2, 0.25) is 0 Å². The number of hydrogen-bond donors (Lipinski definition) is 0. The van der Waals surface area contributed by atoms with Gasteiger partial charge in [-0.05, 0) is 30.7 Å². The Morgan fingerprint density at radius 2 is 1.86 bits per heavy atom. The molecule has 0 unspecified atom stereocenters. The fourth-order valence-electron chi connectivity index (χ4n) is 2.68. The zero-order chi connectivity index (χ0) is 19.9. The number of aromatic nitrogens is 1. The summed E-state index contributed by atoms with van der Waals surface area (Å²) in [6.45, 7) is 2.09. The summed E-state index contributed by atoms with van der Waals surface area (Å²) in [4.78, 5) is 16.5. The monoisotopic (exact) mass is 452 g/mol. The number of thioether (sulfide) groups is 1. The predicted molar refractivity (Wildman–Crippen MR) is 115 cm³/mol. The van der Waals surface area contributed by atoms with E-state index >= 15 is 0 Å². The number of ether oxygens (including phenoxy) is 1. The first-order chi connectivity index (χ1) is 13.6. The van der Waals surface area contributed by atoms with Crippen molar-refractivity contribution in [2.24, 2.45) is 0 Å². The standard InChI is InChI=1S/C22H17BrN2O2S/c1-2-27-21(26)14-28-22-19(13-24)18(15-6-4-3-5-7-15)12-20(25-22)16-8-10-17(23)11-9-16/h3-12H,2,14H2,1H3. The van der Waals surface area contributed by atoms with E-state index in [0.717, 1.165) is 26.9 Å². The van der Waals surface area contributed by atoms with Gasteiger partial charge < -0.3 is 4.74 Å². The van der Waals surface area contributed by atoms with Crippen LogP contribution >= 0.6 is 27.7 Å². The number of nitrogens with zero attached hydrogens (tertiary/aromatic N) is 2. The minimum atomic E-state index is -0.325. The van der Waals surface area contributed by atoms with Crippen LogP contribution in [0, 0.1) is 11.3 Å². The van der Waals surface area contributed by atoms with Crippen molar-refractivity contribution in [2.45, 2.75) is 11.9 Å². The third-order valence-electron chi connectivity index (χ3n) is 3.95. The number of pyridine rings is 1. The average Bonchev–Trinajstić information content (AvgIpc) is 2.73. The molecular formula is C22H17BrN2O2S. The maximum atomic E-state index is 11.8. The highest BCUT2D eigenvalue weighted by Gasteiger charge is 2.17. The molecule has 6 heteroatoms. The lowest BCUT2D eigenvalue weighted by Crippen LogP contribution is -2.07. The summed E-state index contributed by atoms with van der Waals surface area (Å²) in [6, 6.07) is 21.7. The molecular weight excluding hydrogens is 436 g/mol. The molecule has 0 saturated heterocycles. The molecule has 0 spiro atoms. The van der Waals surface area contributed by atoms with E-state index in [4.69, 9.17) is 4.74 Å². The average molecular weight is 453 g/mol. The van der Waals surface area contributed by atoms with Gasteiger partial charge in [-0.2, -0.15) is 5.26 Å². The van der Waals surface area contributed by atoms with Crippen LogP contribution in [0.15, 0.2) is 70.2 Å². The SMILES string of the molecule is CCOC(=O)CSc1nc(-c2ccc(Br)cc2)cc(-c2ccccc2)c1C#N. The molecule has 0 bridgehead atoms. The van der Waals surface area contributed by atoms with Crippen LogP contribution < -0.4 is 0 Å². The van der Waals surface area contributed by atoms with E-state index in [9.17, 15) is 10.1 Å². The van der Waals surface area contributed by atoms with Crippen molar-refractivity contribution in [2.75, 3.05) is 12.4 Å². The summed E-state index contributed by atoms with van der Waals surface area (Å²) >= 11 is 4.67. The number of carbonyl (C=O) groups excluding carboxylic acids is 1. The molecule has 3 rings (SSSR count). The van der Waals surface area contributed by atoms with Gasteiger partial charge in [0.05, 0.1) is 23.6 Å². The second-order valence-electron chi connectivity index (χ2n) is 5.81. The van der Waals surface area contributed by atoms with Crippen molar-refractivity contribution >= 4 is 33.7 Å². The Hall–Kier alpha value is -2.62. The summed E-state index contributed by atoms with van der Waals surface area (Å²) in [5.41, 5.74) is 3.86. The van der Waals surface area contributed by atoms with E-state index in [-0.39, 0.29) is 11.7 Å². The summed E-state index contributed by atoms with van der Waals surface area (Å²) in [5.74, 6) is -0.221. The normalized spacial score (nSPS) is 10.3. The van der Waals surface area contributed by atoms with E-state index < -0.39 is 0 Å². The molecule has 0 fully saturated rings. The highest BCUT2D eigenvalue weighted by Crippen LogP contribution is 2.34. The molecule has 2 aromatic carbocycles. The van der Waals surface area contributed by atoms with Gasteiger partial charge in [0.1, 0.15) is 11.1 Å². The van der Waals surface area contributed by atoms with Crippen LogP contribution in [0.5, 0.6) is 0 Å². The van der Waals surface area contributed by atoms with Crippen molar-refractivity contribution in [3.63, 3.8) is 0 Å². The van der Waals surface area contributed by atoms with Crippen LogP contribution in [-0.2, 0) is 9.53 Å². The number of halogens is 1. The Bertz CT molecular complexity index is 1020. The van der Waals surface area contributed by atoms with Crippen molar-refractivity contribution in [3.05, 3.63) is 70.7 Å². The topological polar surface area (TPSA) is 63.0 Å². The van der Waals surface area contributed by atoms with Gasteiger partial charge in [0, 0.05) is 15.6 Å². The first kappa shape index (κ1) is 20.1. The van der Waals surface area contributed by atoms with Crippen LogP contribution in [0.25, 0.3) is 22.4 Å². The lowest BCUT2D eigenvalue weighted by atomic mass is 9.99. The molecule has 0 radical (unpaired) electrons. The Morgan fingerprint density at radius 3 is 2.50 bits per heavy atom. The largest absolute Gasteiger partial charge is 0.465 e. The van der Waals surface area contributed by atoms with Gasteiger partial charge in [0.25, 0.3) is 0 Å². The second kappa shape index (κ2) is 9.54. The zero-order valence-corrected chi connectivity index (χ0v) is 17.6. The highest BCUT2D eigenvalue weighted by molar-refractivity contribution is 9.10. The summed E-state index contributed by atoms with van der Waals surface area (Å²) in [5, 5.41) is 10.3. The molecule has 1 heterocycles. The Labute approximate surface area is 176 Å². The summed E-state index contributed by atoms with van der Waals surface area (Å²) in [7, 11) is 0. The molecule has 0 aliphatic carbocycles. The van der Waals surface area contributed by atoms with Crippen molar-refractivity contribution in [1.29, 1.82) is 5.26 Å². The number of esters is 1. The molecule has 0 aliphatic heterocycles. The quantitative estimate of drug-likeness (QED) is 0.354. The molecule has 0 N–H and O–H groups in total. The van der Waals surface area contributed by atoms with Gasteiger partial charge in [-0.1, -0.05) is 70.2 Å². The molecule has 140 valence electrons. The fourth-order valence-corrected chi connectivity index (χ4v) is 3.74. The number of hydrogen-bond acceptors (Lipinski definition) is 5. The molecule has 0 saturated carbocycles. The third kappa shape index (κ3) is 4.80. The summed E-state index contributed by atoms with van der Waals surface area (Å²) < 4.78 is 5.98. The van der Waals surface area contributed by atoms with Crippen LogP contribution in [0.1, 0.15) is 12.5 Å². The lowest BCUT2D eigenvalue weighted by Gasteiger charge is -2.12. The number of carbonyl (C=O) groups is 1. The molecule has 3 aromatic rings. The highest BCUT2D eigenvalue weighted by atomic mass is 79.9. The molecule has 0 amide bonds. The smallest absolute Gasteiger partial charge is 0.316 e. The third-order valence-corrected chi connectivity index (χ3v) is 5.43. The van der Waals surface area contributed by atoms with Crippen LogP contribution in [0.3, 0.4) is 0 Å². The number of nitriles is 1. The Kier molecular flexibility index (Phi) is 6.85. The van der Waals surface area contributed by atoms with Crippen LogP contribution in [0.2, 0.25) is 0 Å². The minimum Gasteiger partial charge on any atom is -0.465 e. The second-order valence-corrected chi connectivity index (χ2v) is 7.69. The summed E-state index contributed by atoms with van der Waals surface area (Å²) in [6.07, 6.45) is 0. The predicted octanol–water partition coefficient (Wildman–Crippen LogP) is 5.70. The first-order valence-corrected chi connectivity index (χ1v) is 10.4. The Balaban J connectivity index is 2.11. The van der Waals surface area contributed by atoms with Crippen molar-refractivity contribution in [1.82, 2.24) is 4.98 Å². The number of benzene rings is 2. The van der Waals surface area contributed by atoms with E-state index in [0.29, 0.717) is 17.2 Å². The van der Waals surface area contributed by atoms with Gasteiger partial charge >= 0.3 is 5.97 Å². The van der Waals surface area contributed by atoms with Crippen molar-refractivity contribution < 1.29 is 9.53 Å². The fraction of sp³-hybridized carbons (Fsp3) is 0.136. The zero-order valence-electron chi connectivity index (χ0n) is 15.2. The number of rotatable bonds is 6. The van der Waals surface area contributed by atoms with E-state index in [1.165, 1.54) is 11.8 Å². The van der Waals surface area contributed by atoms with E-state index in [1.54, 1.807) is 6.92 Å². The lowest BCUT2D eigenvalue weighted by molar-refractivity contribution is -0.139. The van der Waals surface area contributed by atoms with Gasteiger partial charge in [-0.15, -0.1) is 0 Å². The van der Waals surface area contributed by atoms with Crippen LogP contribution in [0.4, 0.5) is 0 Å². The van der Waals surface area contributed by atoms with Gasteiger partial charge in [-0.3, -0.25) is 4.79 Å². The minimum absolute atomic E-state index is 0.105. The molecule has 1 aromatic heterocycles. The molecule has 28 heavy (non-hydrogen) atoms. The Morgan fingerprint density at radius 1 is 1.14 bits per heavy atom. The van der Waals surface area contributed by atoms with Crippen LogP contribution in [-0.4, -0.2) is 23.3 Å². The van der Waals surface area contributed by atoms with Gasteiger partial charge in [0.15, 0.2) is 0 Å². The van der Waals surface area contributed by atoms with Gasteiger partial charge in [-0.25, -0.2) is 4.98 Å². The maximum absolute atomic E-state index is 11.8.